The third kappa shape index (κ3) is 3.16. The zero-order chi connectivity index (χ0) is 18.8. The molecule has 0 saturated carbocycles. The predicted molar refractivity (Wildman–Crippen MR) is 88.2 cm³/mol. The Labute approximate surface area is 149 Å². The lowest BCUT2D eigenvalue weighted by molar-refractivity contribution is -0.131. The Morgan fingerprint density at radius 1 is 1.12 bits per heavy atom. The molecule has 138 valence electrons. The van der Waals surface area contributed by atoms with Crippen molar-refractivity contribution in [2.75, 3.05) is 13.2 Å². The van der Waals surface area contributed by atoms with Gasteiger partial charge in [-0.1, -0.05) is 0 Å². The molecule has 0 bridgehead atoms. The smallest absolute Gasteiger partial charge is 0.267 e. The van der Waals surface area contributed by atoms with Crippen LogP contribution in [0.15, 0.2) is 53.4 Å². The van der Waals surface area contributed by atoms with Crippen LogP contribution in [0.3, 0.4) is 0 Å². The number of carbonyl (C=O) groups is 1. The first-order valence-corrected chi connectivity index (χ1v) is 9.18. The van der Waals surface area contributed by atoms with Crippen molar-refractivity contribution in [1.29, 1.82) is 0 Å². The normalized spacial score (nSPS) is 19.9. The number of nitrogens with one attached hydrogen (secondary N) is 1. The first kappa shape index (κ1) is 18.3. The molecule has 1 amide bonds. The Kier molecular flexibility index (Phi) is 4.94. The van der Waals surface area contributed by atoms with Gasteiger partial charge in [-0.2, -0.15) is 0 Å². The minimum absolute atomic E-state index is 0.0600. The summed E-state index contributed by atoms with van der Waals surface area (Å²) >= 11 is 0. The van der Waals surface area contributed by atoms with E-state index in [2.05, 4.69) is 0 Å². The largest absolute Gasteiger partial charge is 0.457 e. The molecule has 1 aliphatic heterocycles. The molecule has 2 N–H and O–H groups in total. The first-order chi connectivity index (χ1) is 12.4. The van der Waals surface area contributed by atoms with Gasteiger partial charge in [0.05, 0.1) is 11.5 Å². The number of amides is 1. The number of rotatable bonds is 5. The Bertz CT molecular complexity index is 890. The molecular weight excluding hydrogens is 365 g/mol. The van der Waals surface area contributed by atoms with Gasteiger partial charge in [0.15, 0.2) is 14.6 Å². The summed E-state index contributed by atoms with van der Waals surface area (Å²) in [6.07, 6.45) is -0.0600. The summed E-state index contributed by atoms with van der Waals surface area (Å²) in [4.78, 5) is 11.9. The van der Waals surface area contributed by atoms with Crippen molar-refractivity contribution in [1.82, 2.24) is 5.48 Å². The highest BCUT2D eigenvalue weighted by molar-refractivity contribution is 7.93. The summed E-state index contributed by atoms with van der Waals surface area (Å²) in [5.74, 6) is -0.687. The highest BCUT2D eigenvalue weighted by Gasteiger charge is 2.54. The molecular formula is C17H16FNO6S. The maximum absolute atomic E-state index is 12.9. The monoisotopic (exact) mass is 381 g/mol. The third-order valence-electron chi connectivity index (χ3n) is 4.20. The molecule has 1 fully saturated rings. The van der Waals surface area contributed by atoms with Crippen LogP contribution in [0.25, 0.3) is 0 Å². The number of benzene rings is 2. The Morgan fingerprint density at radius 3 is 2.19 bits per heavy atom. The average Bonchev–Trinajstić information content (AvgIpc) is 3.15. The Morgan fingerprint density at radius 2 is 1.69 bits per heavy atom. The van der Waals surface area contributed by atoms with Crippen molar-refractivity contribution in [2.24, 2.45) is 0 Å². The van der Waals surface area contributed by atoms with Crippen molar-refractivity contribution in [3.63, 3.8) is 0 Å². The molecule has 0 radical (unpaired) electrons. The molecule has 2 aromatic carbocycles. The summed E-state index contributed by atoms with van der Waals surface area (Å²) in [6.45, 7) is -0.242. The van der Waals surface area contributed by atoms with Crippen LogP contribution in [0.5, 0.6) is 11.5 Å². The average molecular weight is 381 g/mol. The fourth-order valence-electron chi connectivity index (χ4n) is 2.71. The van der Waals surface area contributed by atoms with Crippen molar-refractivity contribution in [2.45, 2.75) is 16.1 Å². The second-order valence-corrected chi connectivity index (χ2v) is 8.03. The van der Waals surface area contributed by atoms with Crippen LogP contribution in [0.4, 0.5) is 4.39 Å². The number of hydrogen-bond acceptors (Lipinski definition) is 6. The molecule has 1 aliphatic rings. The predicted octanol–water partition coefficient (Wildman–Crippen LogP) is 2.06. The molecule has 0 aromatic heterocycles. The topological polar surface area (TPSA) is 102 Å². The van der Waals surface area contributed by atoms with Crippen molar-refractivity contribution in [3.8, 4) is 11.5 Å². The van der Waals surface area contributed by atoms with Crippen LogP contribution >= 0.6 is 0 Å². The van der Waals surface area contributed by atoms with Gasteiger partial charge in [-0.15, -0.1) is 0 Å². The van der Waals surface area contributed by atoms with E-state index in [0.29, 0.717) is 11.5 Å². The van der Waals surface area contributed by atoms with Crippen LogP contribution in [-0.4, -0.2) is 37.5 Å². The molecule has 0 spiro atoms. The zero-order valence-electron chi connectivity index (χ0n) is 13.5. The molecule has 1 heterocycles. The minimum Gasteiger partial charge on any atom is -0.457 e. The minimum atomic E-state index is -4.11. The molecule has 1 saturated heterocycles. The highest BCUT2D eigenvalue weighted by atomic mass is 32.2. The number of halogens is 1. The Balaban J connectivity index is 1.87. The fourth-order valence-corrected chi connectivity index (χ4v) is 4.54. The molecule has 3 rings (SSSR count). The van der Waals surface area contributed by atoms with E-state index in [1.165, 1.54) is 54.0 Å². The summed E-state index contributed by atoms with van der Waals surface area (Å²) in [7, 11) is -4.11. The van der Waals surface area contributed by atoms with Crippen molar-refractivity contribution < 1.29 is 32.3 Å². The number of sulfone groups is 1. The number of ether oxygens (including phenoxy) is 2. The van der Waals surface area contributed by atoms with Crippen molar-refractivity contribution >= 4 is 15.7 Å². The van der Waals surface area contributed by atoms with Gasteiger partial charge >= 0.3 is 0 Å². The standard InChI is InChI=1S/C17H16FNO6S/c18-12-1-3-13(4-2-12)25-14-5-7-15(8-6-14)26(22,23)17(16(20)19-21)9-10-24-11-17/h1-8,21H,9-11H2,(H,19,20)/t17-/m1/s1. The Hall–Kier alpha value is -2.49. The second kappa shape index (κ2) is 7.02. The lowest BCUT2D eigenvalue weighted by Gasteiger charge is -2.24. The maximum Gasteiger partial charge on any atom is 0.267 e. The number of carbonyl (C=O) groups excluding carboxylic acids is 1. The van der Waals surface area contributed by atoms with Crippen LogP contribution in [-0.2, 0) is 19.4 Å². The lowest BCUT2D eigenvalue weighted by atomic mass is 10.1. The summed E-state index contributed by atoms with van der Waals surface area (Å²) in [5, 5.41) is 8.93. The van der Waals surface area contributed by atoms with E-state index in [1.807, 2.05) is 0 Å². The molecule has 7 nitrogen and oxygen atoms in total. The van der Waals surface area contributed by atoms with E-state index in [-0.39, 0.29) is 24.5 Å². The maximum atomic E-state index is 12.9. The van der Waals surface area contributed by atoms with Gasteiger partial charge in [-0.25, -0.2) is 18.3 Å². The SMILES string of the molecule is O=C(NO)[C@@]1(S(=O)(=O)c2ccc(Oc3ccc(F)cc3)cc2)CCOC1. The van der Waals surface area contributed by atoms with E-state index in [4.69, 9.17) is 14.7 Å². The molecule has 2 aromatic rings. The summed E-state index contributed by atoms with van der Waals surface area (Å²) < 4.78 is 47.5. The van der Waals surface area contributed by atoms with Gasteiger partial charge in [0.1, 0.15) is 17.3 Å². The second-order valence-electron chi connectivity index (χ2n) is 5.77. The van der Waals surface area contributed by atoms with E-state index in [0.717, 1.165) is 0 Å². The molecule has 1 atom stereocenters. The molecule has 26 heavy (non-hydrogen) atoms. The fraction of sp³-hybridized carbons (Fsp3) is 0.235. The van der Waals surface area contributed by atoms with Crippen LogP contribution in [0.2, 0.25) is 0 Å². The zero-order valence-corrected chi connectivity index (χ0v) is 14.3. The van der Waals surface area contributed by atoms with Crippen LogP contribution in [0.1, 0.15) is 6.42 Å². The van der Waals surface area contributed by atoms with Gasteiger partial charge in [0.25, 0.3) is 5.91 Å². The van der Waals surface area contributed by atoms with Gasteiger partial charge < -0.3 is 9.47 Å². The third-order valence-corrected chi connectivity index (χ3v) is 6.63. The van der Waals surface area contributed by atoms with Gasteiger partial charge in [-0.05, 0) is 48.5 Å². The highest BCUT2D eigenvalue weighted by Crippen LogP contribution is 2.34. The first-order valence-electron chi connectivity index (χ1n) is 7.69. The molecule has 9 heteroatoms. The van der Waals surface area contributed by atoms with E-state index >= 15 is 0 Å². The summed E-state index contributed by atoms with van der Waals surface area (Å²) in [5.41, 5.74) is 1.42. The quantitative estimate of drug-likeness (QED) is 0.607. The summed E-state index contributed by atoms with van der Waals surface area (Å²) in [6, 6.07) is 10.8. The van der Waals surface area contributed by atoms with E-state index < -0.39 is 26.3 Å². The van der Waals surface area contributed by atoms with Crippen molar-refractivity contribution in [3.05, 3.63) is 54.3 Å². The van der Waals surface area contributed by atoms with E-state index in [9.17, 15) is 17.6 Å². The number of hydrogen-bond donors (Lipinski definition) is 2. The number of hydroxylamine groups is 1. The van der Waals surface area contributed by atoms with Gasteiger partial charge in [0, 0.05) is 13.0 Å². The van der Waals surface area contributed by atoms with Gasteiger partial charge in [0.2, 0.25) is 0 Å². The van der Waals surface area contributed by atoms with Crippen LogP contribution < -0.4 is 10.2 Å². The van der Waals surface area contributed by atoms with Crippen LogP contribution in [0, 0.1) is 5.82 Å². The lowest BCUT2D eigenvalue weighted by Crippen LogP contribution is -2.52. The van der Waals surface area contributed by atoms with E-state index in [1.54, 1.807) is 0 Å². The molecule has 0 aliphatic carbocycles. The molecule has 0 unspecified atom stereocenters. The van der Waals surface area contributed by atoms with Gasteiger partial charge in [-0.3, -0.25) is 10.0 Å².